The molecule has 0 atom stereocenters. The number of hydrogen-bond donors (Lipinski definition) is 1. The Hall–Kier alpha value is -1.93. The van der Waals surface area contributed by atoms with Crippen molar-refractivity contribution < 1.29 is 18.3 Å². The summed E-state index contributed by atoms with van der Waals surface area (Å²) in [6.45, 7) is 5.73. The number of alkyl halides is 2. The second-order valence-electron chi connectivity index (χ2n) is 6.07. The molecule has 2 rings (SSSR count). The zero-order chi connectivity index (χ0) is 18.8. The second kappa shape index (κ2) is 10.9. The summed E-state index contributed by atoms with van der Waals surface area (Å²) in [7, 11) is 1.96. The van der Waals surface area contributed by atoms with Crippen LogP contribution < -0.4 is 10.1 Å². The Morgan fingerprint density at radius 2 is 2.00 bits per heavy atom. The van der Waals surface area contributed by atoms with Gasteiger partial charge in [-0.3, -0.25) is 9.89 Å². The Morgan fingerprint density at radius 3 is 2.62 bits per heavy atom. The van der Waals surface area contributed by atoms with Crippen LogP contribution in [0.4, 0.5) is 8.78 Å². The molecule has 1 aliphatic rings. The molecule has 1 N–H and O–H groups in total. The fourth-order valence-corrected chi connectivity index (χ4v) is 2.72. The van der Waals surface area contributed by atoms with Gasteiger partial charge in [0.1, 0.15) is 5.75 Å². The minimum Gasteiger partial charge on any atom is -0.435 e. The summed E-state index contributed by atoms with van der Waals surface area (Å²) >= 11 is 0. The van der Waals surface area contributed by atoms with E-state index >= 15 is 0 Å². The Bertz CT molecular complexity index is 549. The molecule has 0 saturated carbocycles. The molecule has 0 aromatic heterocycles. The van der Waals surface area contributed by atoms with Crippen molar-refractivity contribution in [2.24, 2.45) is 4.99 Å². The molecule has 1 aromatic carbocycles. The number of rotatable bonds is 8. The lowest BCUT2D eigenvalue weighted by atomic mass is 10.2. The molecular weight excluding hydrogens is 342 g/mol. The largest absolute Gasteiger partial charge is 0.435 e. The van der Waals surface area contributed by atoms with Crippen molar-refractivity contribution in [1.82, 2.24) is 15.1 Å². The van der Waals surface area contributed by atoms with Gasteiger partial charge in [-0.15, -0.1) is 0 Å². The van der Waals surface area contributed by atoms with Crippen LogP contribution in [0.3, 0.4) is 0 Å². The number of aliphatic imine (C=N–C) groups is 1. The van der Waals surface area contributed by atoms with E-state index in [9.17, 15) is 8.78 Å². The average Bonchev–Trinajstić information content (AvgIpc) is 2.63. The van der Waals surface area contributed by atoms with Crippen molar-refractivity contribution in [2.45, 2.75) is 20.1 Å². The van der Waals surface area contributed by atoms with Gasteiger partial charge in [-0.05, 0) is 24.6 Å². The Labute approximate surface area is 153 Å². The van der Waals surface area contributed by atoms with Gasteiger partial charge in [0.25, 0.3) is 0 Å². The van der Waals surface area contributed by atoms with Crippen LogP contribution in [0.1, 0.15) is 12.5 Å². The number of hydrogen-bond acceptors (Lipinski definition) is 4. The summed E-state index contributed by atoms with van der Waals surface area (Å²) in [5.74, 6) is 0.992. The van der Waals surface area contributed by atoms with Gasteiger partial charge in [-0.1, -0.05) is 12.1 Å². The van der Waals surface area contributed by atoms with E-state index in [1.807, 2.05) is 18.9 Å². The summed E-state index contributed by atoms with van der Waals surface area (Å²) in [6, 6.07) is 6.67. The van der Waals surface area contributed by atoms with E-state index in [0.717, 1.165) is 50.9 Å². The van der Waals surface area contributed by atoms with E-state index in [2.05, 4.69) is 19.9 Å². The highest BCUT2D eigenvalue weighted by molar-refractivity contribution is 5.79. The van der Waals surface area contributed by atoms with Crippen molar-refractivity contribution in [3.63, 3.8) is 0 Å². The molecule has 0 amide bonds. The first-order chi connectivity index (χ1) is 12.6. The van der Waals surface area contributed by atoms with E-state index < -0.39 is 6.61 Å². The van der Waals surface area contributed by atoms with Crippen molar-refractivity contribution in [3.8, 4) is 5.75 Å². The molecule has 0 spiro atoms. The molecule has 0 radical (unpaired) electrons. The molecule has 1 fully saturated rings. The van der Waals surface area contributed by atoms with Crippen molar-refractivity contribution in [3.05, 3.63) is 29.8 Å². The number of halogens is 2. The molecule has 8 heteroatoms. The van der Waals surface area contributed by atoms with Crippen molar-refractivity contribution >= 4 is 5.96 Å². The highest BCUT2D eigenvalue weighted by atomic mass is 19.3. The molecule has 0 bridgehead atoms. The molecular formula is C18H28F2N4O2. The lowest BCUT2D eigenvalue weighted by Gasteiger charge is -2.26. The van der Waals surface area contributed by atoms with E-state index in [-0.39, 0.29) is 5.75 Å². The maximum absolute atomic E-state index is 12.2. The van der Waals surface area contributed by atoms with Crippen molar-refractivity contribution in [1.29, 1.82) is 0 Å². The van der Waals surface area contributed by atoms with Crippen LogP contribution >= 0.6 is 0 Å². The maximum atomic E-state index is 12.2. The molecule has 26 heavy (non-hydrogen) atoms. The molecule has 6 nitrogen and oxygen atoms in total. The van der Waals surface area contributed by atoms with Gasteiger partial charge in [-0.2, -0.15) is 8.78 Å². The van der Waals surface area contributed by atoms with Gasteiger partial charge in [0.15, 0.2) is 5.96 Å². The minimum absolute atomic E-state index is 0.164. The molecule has 1 heterocycles. The summed E-state index contributed by atoms with van der Waals surface area (Å²) in [5.41, 5.74) is 0.993. The van der Waals surface area contributed by atoms with Crippen molar-refractivity contribution in [2.75, 3.05) is 53.0 Å². The van der Waals surface area contributed by atoms with E-state index in [1.165, 1.54) is 0 Å². The number of benzene rings is 1. The third-order valence-corrected chi connectivity index (χ3v) is 4.05. The van der Waals surface area contributed by atoms with Crippen LogP contribution in [0.25, 0.3) is 0 Å². The van der Waals surface area contributed by atoms with E-state index in [0.29, 0.717) is 13.1 Å². The monoisotopic (exact) mass is 370 g/mol. The van der Waals surface area contributed by atoms with Crippen LogP contribution in [0.15, 0.2) is 29.3 Å². The van der Waals surface area contributed by atoms with Crippen LogP contribution in [-0.4, -0.2) is 75.4 Å². The summed E-state index contributed by atoms with van der Waals surface area (Å²) in [6.07, 6.45) is 0. The Kier molecular flexibility index (Phi) is 8.57. The first-order valence-corrected chi connectivity index (χ1v) is 8.91. The lowest BCUT2D eigenvalue weighted by molar-refractivity contribution is -0.0498. The molecule has 1 saturated heterocycles. The zero-order valence-corrected chi connectivity index (χ0v) is 15.5. The Morgan fingerprint density at radius 1 is 1.31 bits per heavy atom. The standard InChI is InChI=1S/C18H28F2N4O2/c1-3-21-18(22-8-9-24-10-12-25-13-11-24)23(2)14-15-4-6-16(7-5-15)26-17(19)20/h4-7,17H,3,8-14H2,1-2H3,(H,21,22). The highest BCUT2D eigenvalue weighted by Gasteiger charge is 2.11. The van der Waals surface area contributed by atoms with Gasteiger partial charge >= 0.3 is 6.61 Å². The molecule has 0 aliphatic carbocycles. The number of morpholine rings is 1. The predicted molar refractivity (Wildman–Crippen MR) is 97.8 cm³/mol. The SMILES string of the molecule is CCNC(=NCCN1CCOCC1)N(C)Cc1ccc(OC(F)F)cc1. The van der Waals surface area contributed by atoms with Crippen LogP contribution in [0, 0.1) is 0 Å². The first kappa shape index (κ1) is 20.4. The normalized spacial score (nSPS) is 16.0. The third-order valence-electron chi connectivity index (χ3n) is 4.05. The Balaban J connectivity index is 1.87. The number of nitrogens with one attached hydrogen (secondary N) is 1. The fourth-order valence-electron chi connectivity index (χ4n) is 2.72. The second-order valence-corrected chi connectivity index (χ2v) is 6.07. The number of guanidine groups is 1. The molecule has 1 aromatic rings. The fraction of sp³-hybridized carbons (Fsp3) is 0.611. The van der Waals surface area contributed by atoms with Crippen LogP contribution in [0.2, 0.25) is 0 Å². The first-order valence-electron chi connectivity index (χ1n) is 8.91. The summed E-state index contributed by atoms with van der Waals surface area (Å²) in [4.78, 5) is 9.05. The minimum atomic E-state index is -2.80. The van der Waals surface area contributed by atoms with E-state index in [1.54, 1.807) is 24.3 Å². The van der Waals surface area contributed by atoms with Gasteiger partial charge < -0.3 is 19.7 Å². The summed E-state index contributed by atoms with van der Waals surface area (Å²) < 4.78 is 34.1. The quantitative estimate of drug-likeness (QED) is 0.560. The number of nitrogens with zero attached hydrogens (tertiary/aromatic N) is 3. The zero-order valence-electron chi connectivity index (χ0n) is 15.5. The number of ether oxygens (including phenoxy) is 2. The maximum Gasteiger partial charge on any atom is 0.387 e. The third kappa shape index (κ3) is 7.13. The molecule has 146 valence electrons. The topological polar surface area (TPSA) is 49.3 Å². The van der Waals surface area contributed by atoms with Gasteiger partial charge in [0.05, 0.1) is 19.8 Å². The van der Waals surface area contributed by atoms with Crippen LogP contribution in [0.5, 0.6) is 5.75 Å². The van der Waals surface area contributed by atoms with E-state index in [4.69, 9.17) is 4.74 Å². The van der Waals surface area contributed by atoms with Gasteiger partial charge in [-0.25, -0.2) is 0 Å². The predicted octanol–water partition coefficient (Wildman–Crippen LogP) is 2.02. The summed E-state index contributed by atoms with van der Waals surface area (Å²) in [5, 5.41) is 3.29. The lowest BCUT2D eigenvalue weighted by Crippen LogP contribution is -2.40. The van der Waals surface area contributed by atoms with Crippen LogP contribution in [-0.2, 0) is 11.3 Å². The molecule has 0 unspecified atom stereocenters. The molecule has 1 aliphatic heterocycles. The average molecular weight is 370 g/mol. The highest BCUT2D eigenvalue weighted by Crippen LogP contribution is 2.15. The van der Waals surface area contributed by atoms with Gasteiger partial charge in [0, 0.05) is 39.8 Å². The smallest absolute Gasteiger partial charge is 0.387 e. The van der Waals surface area contributed by atoms with Gasteiger partial charge in [0.2, 0.25) is 0 Å².